The lowest BCUT2D eigenvalue weighted by Gasteiger charge is -2.31. The Labute approximate surface area is 190 Å². The van der Waals surface area contributed by atoms with E-state index in [2.05, 4.69) is 47.0 Å². The number of benzene rings is 2. The number of carbonyl (C=O) groups is 1. The molecule has 1 aromatic heterocycles. The number of hydrogen-bond donors (Lipinski definition) is 0. The van der Waals surface area contributed by atoms with E-state index in [0.29, 0.717) is 17.5 Å². The number of amides is 1. The second-order valence-corrected chi connectivity index (χ2v) is 9.13. The van der Waals surface area contributed by atoms with Crippen LogP contribution in [0.25, 0.3) is 0 Å². The highest BCUT2D eigenvalue weighted by Crippen LogP contribution is 2.30. The fourth-order valence-electron chi connectivity index (χ4n) is 5.14. The molecule has 0 radical (unpaired) electrons. The topological polar surface area (TPSA) is 47.4 Å². The minimum Gasteiger partial charge on any atom is -0.497 e. The van der Waals surface area contributed by atoms with Crippen molar-refractivity contribution in [3.8, 4) is 5.75 Å². The first-order chi connectivity index (χ1) is 15.7. The summed E-state index contributed by atoms with van der Waals surface area (Å²) in [4.78, 5) is 19.9. The molecule has 2 aliphatic rings. The van der Waals surface area contributed by atoms with Crippen LogP contribution in [-0.2, 0) is 19.4 Å². The maximum absolute atomic E-state index is 13.1. The van der Waals surface area contributed by atoms with Gasteiger partial charge in [-0.15, -0.1) is 0 Å². The van der Waals surface area contributed by atoms with E-state index < -0.39 is 0 Å². The van der Waals surface area contributed by atoms with Gasteiger partial charge in [-0.1, -0.05) is 42.5 Å². The van der Waals surface area contributed by atoms with Crippen LogP contribution in [0.4, 0.5) is 0 Å². The number of piperidine rings is 1. The lowest BCUT2D eigenvalue weighted by Crippen LogP contribution is -2.39. The Morgan fingerprint density at radius 2 is 1.78 bits per heavy atom. The van der Waals surface area contributed by atoms with Gasteiger partial charge in [-0.3, -0.25) is 4.79 Å². The highest BCUT2D eigenvalue weighted by molar-refractivity contribution is 5.92. The first-order valence-corrected chi connectivity index (χ1v) is 11.7. The molecule has 0 saturated carbocycles. The van der Waals surface area contributed by atoms with Crippen LogP contribution in [0.3, 0.4) is 0 Å². The maximum atomic E-state index is 13.1. The molecule has 5 nitrogen and oxygen atoms in total. The molecule has 2 aliphatic heterocycles. The molecule has 1 atom stereocenters. The largest absolute Gasteiger partial charge is 0.497 e. The van der Waals surface area contributed by atoms with Crippen LogP contribution < -0.4 is 4.74 Å². The van der Waals surface area contributed by atoms with Crippen molar-refractivity contribution < 1.29 is 9.53 Å². The number of rotatable bonds is 5. The average molecular weight is 430 g/mol. The highest BCUT2D eigenvalue weighted by atomic mass is 16.5. The van der Waals surface area contributed by atoms with Crippen LogP contribution >= 0.6 is 0 Å². The number of nitrogens with zero attached hydrogens (tertiary/aromatic N) is 3. The molecule has 5 heteroatoms. The Bertz CT molecular complexity index is 1050. The molecular weight excluding hydrogens is 398 g/mol. The number of aromatic nitrogens is 2. The first kappa shape index (κ1) is 20.8. The van der Waals surface area contributed by atoms with E-state index in [-0.39, 0.29) is 5.91 Å². The van der Waals surface area contributed by atoms with Gasteiger partial charge in [0, 0.05) is 38.2 Å². The van der Waals surface area contributed by atoms with Gasteiger partial charge in [0.15, 0.2) is 0 Å². The smallest absolute Gasteiger partial charge is 0.274 e. The monoisotopic (exact) mass is 429 g/mol. The molecule has 0 N–H and O–H groups in total. The van der Waals surface area contributed by atoms with E-state index in [1.54, 1.807) is 7.11 Å². The van der Waals surface area contributed by atoms with Crippen molar-refractivity contribution >= 4 is 5.91 Å². The summed E-state index contributed by atoms with van der Waals surface area (Å²) in [5.41, 5.74) is 3.32. The van der Waals surface area contributed by atoms with Crippen molar-refractivity contribution in [2.75, 3.05) is 20.2 Å². The molecule has 5 rings (SSSR count). The summed E-state index contributed by atoms with van der Waals surface area (Å²) >= 11 is 0. The minimum absolute atomic E-state index is 0.0889. The summed E-state index contributed by atoms with van der Waals surface area (Å²) in [5, 5.41) is 0. The molecule has 0 bridgehead atoms. The molecule has 3 heterocycles. The van der Waals surface area contributed by atoms with Gasteiger partial charge in [-0.05, 0) is 54.9 Å². The van der Waals surface area contributed by atoms with Crippen molar-refractivity contribution in [2.24, 2.45) is 5.92 Å². The zero-order valence-corrected chi connectivity index (χ0v) is 18.7. The maximum Gasteiger partial charge on any atom is 0.274 e. The van der Waals surface area contributed by atoms with Gasteiger partial charge in [-0.2, -0.15) is 0 Å². The number of aryl methyl sites for hydroxylation is 1. The van der Waals surface area contributed by atoms with Crippen molar-refractivity contribution in [1.82, 2.24) is 14.5 Å². The Kier molecular flexibility index (Phi) is 5.97. The van der Waals surface area contributed by atoms with Crippen molar-refractivity contribution in [1.29, 1.82) is 0 Å². The van der Waals surface area contributed by atoms with E-state index in [0.717, 1.165) is 63.3 Å². The quantitative estimate of drug-likeness (QED) is 0.590. The molecular formula is C27H31N3O2. The number of hydrogen-bond acceptors (Lipinski definition) is 3. The average Bonchev–Trinajstić information content (AvgIpc) is 3.28. The molecule has 1 amide bonds. The SMILES string of the molecule is COc1ccc(C2CCc3nc(C(=O)N4CCC(Cc5ccccc5)CC4)cn3C2)cc1. The highest BCUT2D eigenvalue weighted by Gasteiger charge is 2.28. The number of fused-ring (bicyclic) bond motifs is 1. The molecule has 0 spiro atoms. The molecule has 1 fully saturated rings. The fourth-order valence-corrected chi connectivity index (χ4v) is 5.14. The van der Waals surface area contributed by atoms with Gasteiger partial charge in [0.1, 0.15) is 17.3 Å². The second kappa shape index (κ2) is 9.19. The summed E-state index contributed by atoms with van der Waals surface area (Å²) in [6, 6.07) is 19.0. The Morgan fingerprint density at radius 1 is 1.03 bits per heavy atom. The van der Waals surface area contributed by atoms with Crippen LogP contribution in [0.2, 0.25) is 0 Å². The van der Waals surface area contributed by atoms with E-state index in [1.165, 1.54) is 11.1 Å². The summed E-state index contributed by atoms with van der Waals surface area (Å²) in [5.74, 6) is 3.11. The molecule has 2 aromatic carbocycles. The van der Waals surface area contributed by atoms with Crippen LogP contribution in [0, 0.1) is 5.92 Å². The van der Waals surface area contributed by atoms with Gasteiger partial charge in [-0.25, -0.2) is 4.98 Å². The molecule has 166 valence electrons. The summed E-state index contributed by atoms with van der Waals surface area (Å²) in [7, 11) is 1.69. The molecule has 1 saturated heterocycles. The molecule has 1 unspecified atom stereocenters. The van der Waals surface area contributed by atoms with E-state index in [9.17, 15) is 4.79 Å². The normalized spacial score (nSPS) is 18.9. The third-order valence-electron chi connectivity index (χ3n) is 7.07. The summed E-state index contributed by atoms with van der Waals surface area (Å²) < 4.78 is 7.47. The van der Waals surface area contributed by atoms with Gasteiger partial charge in [0.2, 0.25) is 0 Å². The predicted octanol–water partition coefficient (Wildman–Crippen LogP) is 4.72. The number of carbonyl (C=O) groups excluding carboxylic acids is 1. The Morgan fingerprint density at radius 3 is 2.50 bits per heavy atom. The van der Waals surface area contributed by atoms with E-state index in [4.69, 9.17) is 9.72 Å². The van der Waals surface area contributed by atoms with Crippen molar-refractivity contribution in [3.05, 3.63) is 83.4 Å². The Hall–Kier alpha value is -3.08. The Balaban J connectivity index is 1.20. The zero-order valence-electron chi connectivity index (χ0n) is 18.7. The minimum atomic E-state index is 0.0889. The van der Waals surface area contributed by atoms with Gasteiger partial charge in [0.05, 0.1) is 7.11 Å². The van der Waals surface area contributed by atoms with Crippen molar-refractivity contribution in [3.63, 3.8) is 0 Å². The van der Waals surface area contributed by atoms with Crippen LogP contribution in [0.5, 0.6) is 5.75 Å². The lowest BCUT2D eigenvalue weighted by atomic mass is 9.90. The van der Waals surface area contributed by atoms with Crippen LogP contribution in [0.15, 0.2) is 60.8 Å². The first-order valence-electron chi connectivity index (χ1n) is 11.7. The third kappa shape index (κ3) is 4.43. The van der Waals surface area contributed by atoms with Crippen LogP contribution in [-0.4, -0.2) is 40.6 Å². The van der Waals surface area contributed by atoms with Gasteiger partial charge < -0.3 is 14.2 Å². The molecule has 0 aliphatic carbocycles. The second-order valence-electron chi connectivity index (χ2n) is 9.13. The third-order valence-corrected chi connectivity index (χ3v) is 7.07. The van der Waals surface area contributed by atoms with E-state index >= 15 is 0 Å². The van der Waals surface area contributed by atoms with E-state index in [1.807, 2.05) is 23.2 Å². The fraction of sp³-hybridized carbons (Fsp3) is 0.407. The van der Waals surface area contributed by atoms with Crippen LogP contribution in [0.1, 0.15) is 52.6 Å². The summed E-state index contributed by atoms with van der Waals surface area (Å²) in [6.07, 6.45) is 7.17. The van der Waals surface area contributed by atoms with Crippen molar-refractivity contribution in [2.45, 2.75) is 44.6 Å². The zero-order chi connectivity index (χ0) is 21.9. The number of methoxy groups -OCH3 is 1. The standard InChI is InChI=1S/C27H31N3O2/c1-32-24-10-7-22(8-11-24)23-9-12-26-28-25(19-30(26)18-23)27(31)29-15-13-21(14-16-29)17-20-5-3-2-4-6-20/h2-8,10-11,19,21,23H,9,12-18H2,1H3. The van der Waals surface area contributed by atoms with Gasteiger partial charge in [0.25, 0.3) is 5.91 Å². The lowest BCUT2D eigenvalue weighted by molar-refractivity contribution is 0.0685. The molecule has 3 aromatic rings. The number of likely N-dealkylation sites (tertiary alicyclic amines) is 1. The predicted molar refractivity (Wildman–Crippen MR) is 125 cm³/mol. The number of ether oxygens (including phenoxy) is 1. The summed E-state index contributed by atoms with van der Waals surface area (Å²) in [6.45, 7) is 2.53. The van der Waals surface area contributed by atoms with Gasteiger partial charge >= 0.3 is 0 Å². The number of imidazole rings is 1. The molecule has 32 heavy (non-hydrogen) atoms.